The fraction of sp³-hybridized carbons (Fsp3) is 0.484. The number of likely N-dealkylation sites (tertiary alicyclic amines) is 1. The Morgan fingerprint density at radius 1 is 0.612 bits per heavy atom. The average molecular weight is 1180 g/mol. The Morgan fingerprint density at radius 3 is 1.67 bits per heavy atom. The van der Waals surface area contributed by atoms with Gasteiger partial charge in [0.25, 0.3) is 11.8 Å². The third-order valence-corrected chi connectivity index (χ3v) is 18.4. The van der Waals surface area contributed by atoms with Gasteiger partial charge in [0.1, 0.15) is 24.2 Å². The molecule has 4 aliphatic rings. The van der Waals surface area contributed by atoms with E-state index in [1.807, 2.05) is 63.2 Å². The Hall–Kier alpha value is -7.62. The smallest absolute Gasteiger partial charge is 0.313 e. The highest BCUT2D eigenvalue weighted by atomic mass is 32.2. The molecule has 9 atom stereocenters. The molecule has 8 amide bonds. The number of benzene rings is 4. The highest BCUT2D eigenvalue weighted by Gasteiger charge is 2.48. The first-order valence-electron chi connectivity index (χ1n) is 29.4. The number of anilines is 1. The second kappa shape index (κ2) is 27.2. The summed E-state index contributed by atoms with van der Waals surface area (Å²) in [5.74, 6) is -5.03. The molecule has 454 valence electrons. The van der Waals surface area contributed by atoms with Crippen molar-refractivity contribution >= 4 is 70.7 Å². The highest BCUT2D eigenvalue weighted by Crippen LogP contribution is 2.36. The summed E-state index contributed by atoms with van der Waals surface area (Å²) in [6.45, 7) is 12.2. The molecule has 2 aliphatic carbocycles. The van der Waals surface area contributed by atoms with Crippen LogP contribution in [0.2, 0.25) is 0 Å². The summed E-state index contributed by atoms with van der Waals surface area (Å²) in [4.78, 5) is 128. The number of aryl methyl sites for hydroxylation is 2. The van der Waals surface area contributed by atoms with Crippen molar-refractivity contribution in [2.24, 2.45) is 5.41 Å². The van der Waals surface area contributed by atoms with Crippen molar-refractivity contribution in [2.75, 3.05) is 31.7 Å². The SMILES string of the molecule is CN[C@@H](C)C(=O)NC(C(=O)N1Cc2cc(NC(=O)c3ccc(C(=O)N[C@H]4C[C@@H](C(=O)N[C@@H]5CCCc6ccccc65)N(C(=O)[C@@H](NC(=O)[C@H](C)NC)C(C)(C)C)C4)cc3)ccc2C[C@H]1C(=O)N[C@@H]1CCCc2ccccc21)C(C)(C)SCC(=O)O. The van der Waals surface area contributed by atoms with Crippen LogP contribution in [0.4, 0.5) is 5.69 Å². The van der Waals surface area contributed by atoms with Gasteiger partial charge >= 0.3 is 5.97 Å². The number of thioether (sulfide) groups is 1. The zero-order chi connectivity index (χ0) is 61.5. The molecule has 21 heteroatoms. The van der Waals surface area contributed by atoms with Crippen LogP contribution in [-0.4, -0.2) is 142 Å². The lowest BCUT2D eigenvalue weighted by Gasteiger charge is -2.42. The monoisotopic (exact) mass is 1180 g/mol. The molecule has 9 N–H and O–H groups in total. The number of carbonyl (C=O) groups is 9. The number of amides is 8. The number of likely N-dealkylation sites (N-methyl/N-ethyl adjacent to an activating group) is 2. The number of aliphatic carboxylic acids is 1. The van der Waals surface area contributed by atoms with Crippen molar-refractivity contribution in [2.45, 2.75) is 166 Å². The van der Waals surface area contributed by atoms with Crippen LogP contribution in [0.5, 0.6) is 0 Å². The lowest BCUT2D eigenvalue weighted by molar-refractivity contribution is -0.145. The van der Waals surface area contributed by atoms with Crippen LogP contribution in [0.15, 0.2) is 91.0 Å². The molecular weight excluding hydrogens is 1100 g/mol. The van der Waals surface area contributed by atoms with Crippen molar-refractivity contribution in [1.29, 1.82) is 0 Å². The standard InChI is InChI=1S/C64H82N10O10S/c1-36(65-8)55(77)71-53(63(3,4)5)61(83)74-34-45(32-51(74)60(82)70-49-23-15-19-39-17-11-13-21-47(39)49)68-58(80)41-26-24-40(25-27-41)57(79)67-44-29-28-42-31-50(59(81)69-48-22-14-18-38-16-10-12-20-46(38)48)73(33-43(42)30-44)62(84)54(72-56(78)37(2)66-9)64(6,7)85-35-52(75)76/h10-13,16-17,20-21,24-30,36-37,45,48-51,53-54,65-66H,14-15,18-19,22-23,31-35H2,1-9H3,(H,67,79)(H,68,80)(H,69,81)(H,70,82)(H,71,77)(H,72,78)(H,75,76)/t36-,37-,45-,48+,49+,50-,51-,53+,54?/m0/s1. The maximum Gasteiger partial charge on any atom is 0.313 e. The topological polar surface area (TPSA) is 277 Å². The Kier molecular flexibility index (Phi) is 20.3. The predicted molar refractivity (Wildman–Crippen MR) is 325 cm³/mol. The minimum Gasteiger partial charge on any atom is -0.481 e. The first-order valence-corrected chi connectivity index (χ1v) is 30.4. The number of carboxylic acid groups (broad SMARTS) is 1. The van der Waals surface area contributed by atoms with Crippen LogP contribution < -0.4 is 42.5 Å². The van der Waals surface area contributed by atoms with Crippen molar-refractivity contribution in [3.8, 4) is 0 Å². The van der Waals surface area contributed by atoms with Gasteiger partial charge in [0.15, 0.2) is 0 Å². The molecule has 0 spiro atoms. The lowest BCUT2D eigenvalue weighted by Crippen LogP contribution is -2.63. The molecule has 0 bridgehead atoms. The van der Waals surface area contributed by atoms with E-state index in [1.165, 1.54) is 34.1 Å². The second-order valence-electron chi connectivity index (χ2n) is 24.5. The number of rotatable bonds is 20. The number of fused-ring (bicyclic) bond motifs is 3. The zero-order valence-electron chi connectivity index (χ0n) is 50.1. The first-order chi connectivity index (χ1) is 40.4. The molecule has 85 heavy (non-hydrogen) atoms. The Labute approximate surface area is 501 Å². The van der Waals surface area contributed by atoms with E-state index in [1.54, 1.807) is 53.9 Å². The summed E-state index contributed by atoms with van der Waals surface area (Å²) in [7, 11) is 3.26. The number of nitrogens with one attached hydrogen (secondary N) is 8. The van der Waals surface area contributed by atoms with Crippen molar-refractivity contribution in [3.63, 3.8) is 0 Å². The highest BCUT2D eigenvalue weighted by molar-refractivity contribution is 8.01. The van der Waals surface area contributed by atoms with Gasteiger partial charge in [-0.1, -0.05) is 75.4 Å². The summed E-state index contributed by atoms with van der Waals surface area (Å²) in [6, 6.07) is 20.5. The van der Waals surface area contributed by atoms with Crippen LogP contribution in [0.3, 0.4) is 0 Å². The molecule has 4 aromatic rings. The molecule has 1 unspecified atom stereocenters. The van der Waals surface area contributed by atoms with E-state index in [0.717, 1.165) is 71.7 Å². The Morgan fingerprint density at radius 2 is 1.13 bits per heavy atom. The van der Waals surface area contributed by atoms with E-state index in [4.69, 9.17) is 0 Å². The fourth-order valence-electron chi connectivity index (χ4n) is 11.8. The molecule has 0 aromatic heterocycles. The molecule has 1 saturated heterocycles. The molecule has 1 fully saturated rings. The second-order valence-corrected chi connectivity index (χ2v) is 26.1. The van der Waals surface area contributed by atoms with Crippen LogP contribution in [0, 0.1) is 5.41 Å². The van der Waals surface area contributed by atoms with Gasteiger partial charge in [-0.25, -0.2) is 0 Å². The molecule has 4 aromatic carbocycles. The molecular formula is C64H82N10O10S. The van der Waals surface area contributed by atoms with Crippen LogP contribution in [0.25, 0.3) is 0 Å². The summed E-state index contributed by atoms with van der Waals surface area (Å²) in [5, 5.41) is 33.7. The number of nitrogens with zero attached hydrogens (tertiary/aromatic N) is 2. The minimum absolute atomic E-state index is 0.00140. The third-order valence-electron chi connectivity index (χ3n) is 17.0. The zero-order valence-corrected chi connectivity index (χ0v) is 50.9. The largest absolute Gasteiger partial charge is 0.481 e. The quantitative estimate of drug-likeness (QED) is 0.0558. The van der Waals surface area contributed by atoms with Gasteiger partial charge in [0.05, 0.1) is 29.9 Å². The average Bonchev–Trinajstić information content (AvgIpc) is 3.87. The van der Waals surface area contributed by atoms with Crippen LogP contribution >= 0.6 is 11.8 Å². The molecule has 2 heterocycles. The third kappa shape index (κ3) is 15.1. The van der Waals surface area contributed by atoms with Gasteiger partial charge in [-0.15, -0.1) is 11.8 Å². The van der Waals surface area contributed by atoms with Gasteiger partial charge in [0, 0.05) is 47.1 Å². The fourth-order valence-corrected chi connectivity index (χ4v) is 12.6. The maximum absolute atomic E-state index is 15.2. The van der Waals surface area contributed by atoms with Gasteiger partial charge in [-0.2, -0.15) is 0 Å². The van der Waals surface area contributed by atoms with Crippen LogP contribution in [-0.2, 0) is 59.4 Å². The summed E-state index contributed by atoms with van der Waals surface area (Å²) in [6.07, 6.45) is 5.19. The van der Waals surface area contributed by atoms with Crippen molar-refractivity contribution < 1.29 is 48.3 Å². The first kappa shape index (κ1) is 63.4. The number of carboxylic acids is 1. The predicted octanol–water partition coefficient (Wildman–Crippen LogP) is 5.11. The van der Waals surface area contributed by atoms with E-state index >= 15 is 4.79 Å². The van der Waals surface area contributed by atoms with Gasteiger partial charge in [0.2, 0.25) is 35.4 Å². The Bertz CT molecular complexity index is 3180. The van der Waals surface area contributed by atoms with E-state index in [9.17, 15) is 43.5 Å². The lowest BCUT2D eigenvalue weighted by atomic mass is 9.85. The summed E-state index contributed by atoms with van der Waals surface area (Å²) >= 11 is 0.999. The minimum atomic E-state index is -1.26. The molecule has 8 rings (SSSR count). The number of hydrogen-bond acceptors (Lipinski definition) is 12. The van der Waals surface area contributed by atoms with E-state index in [2.05, 4.69) is 54.7 Å². The van der Waals surface area contributed by atoms with E-state index in [-0.39, 0.29) is 72.6 Å². The number of hydrogen-bond donors (Lipinski definition) is 9. The molecule has 20 nitrogen and oxygen atoms in total. The van der Waals surface area contributed by atoms with Gasteiger partial charge < -0.3 is 57.4 Å². The van der Waals surface area contributed by atoms with E-state index in [0.29, 0.717) is 17.7 Å². The normalized spacial score (nSPS) is 20.6. The molecule has 0 saturated carbocycles. The van der Waals surface area contributed by atoms with Gasteiger partial charge in [-0.3, -0.25) is 43.2 Å². The van der Waals surface area contributed by atoms with Crippen molar-refractivity contribution in [3.05, 3.63) is 136 Å². The molecule has 2 aliphatic heterocycles. The van der Waals surface area contributed by atoms with Crippen LogP contribution in [0.1, 0.15) is 147 Å². The molecule has 0 radical (unpaired) electrons. The van der Waals surface area contributed by atoms with Crippen molar-refractivity contribution in [1.82, 2.24) is 47.0 Å². The summed E-state index contributed by atoms with van der Waals surface area (Å²) < 4.78 is -1.15. The van der Waals surface area contributed by atoms with Gasteiger partial charge in [-0.05, 0) is 162 Å². The summed E-state index contributed by atoms with van der Waals surface area (Å²) in [5.41, 5.74) is 5.86. The number of carbonyl (C=O) groups excluding carboxylic acids is 8. The maximum atomic E-state index is 15.2. The van der Waals surface area contributed by atoms with E-state index < -0.39 is 88.0 Å². The Balaban J connectivity index is 0.990.